The van der Waals surface area contributed by atoms with E-state index in [0.717, 1.165) is 17.0 Å². The first-order chi connectivity index (χ1) is 12.9. The standard InChI is InChI=1S/C21H22FN3O2/c1-13-6-4-7-17(10-13)27-9-5-8-23-21(26)18-11-16(22)12-19-20(18)25-15(3)14(2)24-19/h4,6-7,10-12H,5,8-9H2,1-3H3,(H,23,26). The molecule has 140 valence electrons. The molecule has 6 heteroatoms. The van der Waals surface area contributed by atoms with E-state index >= 15 is 0 Å². The van der Waals surface area contributed by atoms with Crippen molar-refractivity contribution >= 4 is 16.9 Å². The van der Waals surface area contributed by atoms with Crippen LogP contribution in [0.4, 0.5) is 4.39 Å². The first-order valence-corrected chi connectivity index (χ1v) is 8.86. The van der Waals surface area contributed by atoms with Gasteiger partial charge in [0.25, 0.3) is 5.91 Å². The van der Waals surface area contributed by atoms with E-state index in [0.29, 0.717) is 36.3 Å². The number of benzene rings is 2. The second-order valence-electron chi connectivity index (χ2n) is 6.49. The SMILES string of the molecule is Cc1cccc(OCCCNC(=O)c2cc(F)cc3nc(C)c(C)nc23)c1. The number of nitrogens with one attached hydrogen (secondary N) is 1. The van der Waals surface area contributed by atoms with E-state index < -0.39 is 5.82 Å². The normalized spacial score (nSPS) is 10.8. The van der Waals surface area contributed by atoms with Crippen molar-refractivity contribution in [3.05, 3.63) is 64.7 Å². The highest BCUT2D eigenvalue weighted by atomic mass is 19.1. The Kier molecular flexibility index (Phi) is 5.64. The van der Waals surface area contributed by atoms with Crippen molar-refractivity contribution in [1.82, 2.24) is 15.3 Å². The van der Waals surface area contributed by atoms with Gasteiger partial charge in [-0.15, -0.1) is 0 Å². The number of rotatable bonds is 6. The Bertz CT molecular complexity index is 989. The van der Waals surface area contributed by atoms with Crippen molar-refractivity contribution in [2.45, 2.75) is 27.2 Å². The summed E-state index contributed by atoms with van der Waals surface area (Å²) in [4.78, 5) is 21.2. The molecule has 0 aliphatic heterocycles. The molecule has 0 bridgehead atoms. The first kappa shape index (κ1) is 18.8. The smallest absolute Gasteiger partial charge is 0.253 e. The molecule has 0 aliphatic rings. The molecule has 3 aromatic rings. The molecule has 2 aromatic carbocycles. The van der Waals surface area contributed by atoms with Crippen LogP contribution in [0.15, 0.2) is 36.4 Å². The van der Waals surface area contributed by atoms with E-state index in [1.807, 2.05) is 38.1 Å². The molecule has 3 rings (SSSR count). The highest BCUT2D eigenvalue weighted by Crippen LogP contribution is 2.19. The van der Waals surface area contributed by atoms with E-state index in [4.69, 9.17) is 4.74 Å². The number of aromatic nitrogens is 2. The average Bonchev–Trinajstić information content (AvgIpc) is 2.62. The molecule has 1 aromatic heterocycles. The van der Waals surface area contributed by atoms with E-state index in [-0.39, 0.29) is 11.5 Å². The third kappa shape index (κ3) is 4.58. The minimum atomic E-state index is -0.506. The molecular formula is C21H22FN3O2. The van der Waals surface area contributed by atoms with Crippen molar-refractivity contribution in [3.63, 3.8) is 0 Å². The Morgan fingerprint density at radius 3 is 2.67 bits per heavy atom. The number of carbonyl (C=O) groups excluding carboxylic acids is 1. The second kappa shape index (κ2) is 8.12. The highest BCUT2D eigenvalue weighted by molar-refractivity contribution is 6.04. The Labute approximate surface area is 157 Å². The number of nitrogens with zero attached hydrogens (tertiary/aromatic N) is 2. The van der Waals surface area contributed by atoms with Gasteiger partial charge in [0.2, 0.25) is 0 Å². The van der Waals surface area contributed by atoms with Gasteiger partial charge in [0.1, 0.15) is 17.1 Å². The quantitative estimate of drug-likeness (QED) is 0.671. The zero-order valence-electron chi connectivity index (χ0n) is 15.7. The minimum absolute atomic E-state index is 0.195. The van der Waals surface area contributed by atoms with Crippen LogP contribution in [-0.4, -0.2) is 29.0 Å². The Hall–Kier alpha value is -3.02. The number of hydrogen-bond donors (Lipinski definition) is 1. The van der Waals surface area contributed by atoms with Crippen LogP contribution in [0.3, 0.4) is 0 Å². The first-order valence-electron chi connectivity index (χ1n) is 8.86. The number of hydrogen-bond acceptors (Lipinski definition) is 4. The van der Waals surface area contributed by atoms with Crippen LogP contribution in [-0.2, 0) is 0 Å². The van der Waals surface area contributed by atoms with Crippen molar-refractivity contribution in [1.29, 1.82) is 0 Å². The predicted molar refractivity (Wildman–Crippen MR) is 103 cm³/mol. The van der Waals surface area contributed by atoms with Gasteiger partial charge in [-0.2, -0.15) is 0 Å². The molecule has 0 radical (unpaired) electrons. The van der Waals surface area contributed by atoms with Gasteiger partial charge in [-0.1, -0.05) is 12.1 Å². The summed E-state index contributed by atoms with van der Waals surface area (Å²) in [5.74, 6) is -0.0702. The summed E-state index contributed by atoms with van der Waals surface area (Å²) in [6, 6.07) is 10.3. The Morgan fingerprint density at radius 1 is 1.11 bits per heavy atom. The number of aryl methyl sites for hydroxylation is 3. The minimum Gasteiger partial charge on any atom is -0.494 e. The van der Waals surface area contributed by atoms with Crippen LogP contribution in [0, 0.1) is 26.6 Å². The van der Waals surface area contributed by atoms with Gasteiger partial charge in [0, 0.05) is 12.6 Å². The molecular weight excluding hydrogens is 345 g/mol. The Balaban J connectivity index is 1.62. The lowest BCUT2D eigenvalue weighted by Gasteiger charge is -2.10. The van der Waals surface area contributed by atoms with Gasteiger partial charge in [-0.05, 0) is 51.0 Å². The van der Waals surface area contributed by atoms with Gasteiger partial charge >= 0.3 is 0 Å². The van der Waals surface area contributed by atoms with Gasteiger partial charge in [0.05, 0.1) is 29.1 Å². The van der Waals surface area contributed by atoms with Crippen molar-refractivity contribution in [2.24, 2.45) is 0 Å². The van der Waals surface area contributed by atoms with E-state index in [2.05, 4.69) is 15.3 Å². The average molecular weight is 367 g/mol. The Morgan fingerprint density at radius 2 is 1.89 bits per heavy atom. The number of halogens is 1. The second-order valence-corrected chi connectivity index (χ2v) is 6.49. The maximum absolute atomic E-state index is 13.9. The fourth-order valence-corrected chi connectivity index (χ4v) is 2.74. The third-order valence-corrected chi connectivity index (χ3v) is 4.26. The topological polar surface area (TPSA) is 64.1 Å². The van der Waals surface area contributed by atoms with Crippen LogP contribution >= 0.6 is 0 Å². The molecule has 0 unspecified atom stereocenters. The summed E-state index contributed by atoms with van der Waals surface area (Å²) >= 11 is 0. The summed E-state index contributed by atoms with van der Waals surface area (Å²) in [5.41, 5.74) is 3.55. The van der Waals surface area contributed by atoms with Crippen LogP contribution in [0.5, 0.6) is 5.75 Å². The summed E-state index contributed by atoms with van der Waals surface area (Å²) in [5, 5.41) is 2.80. The monoisotopic (exact) mass is 367 g/mol. The molecule has 1 N–H and O–H groups in total. The largest absolute Gasteiger partial charge is 0.494 e. The summed E-state index contributed by atoms with van der Waals surface area (Å²) in [6.45, 7) is 6.52. The van der Waals surface area contributed by atoms with Gasteiger partial charge in [-0.25, -0.2) is 14.4 Å². The van der Waals surface area contributed by atoms with Crippen LogP contribution in [0.25, 0.3) is 11.0 Å². The van der Waals surface area contributed by atoms with Gasteiger partial charge < -0.3 is 10.1 Å². The van der Waals surface area contributed by atoms with Gasteiger partial charge in [0.15, 0.2) is 0 Å². The van der Waals surface area contributed by atoms with Crippen LogP contribution in [0.2, 0.25) is 0 Å². The number of ether oxygens (including phenoxy) is 1. The molecule has 0 spiro atoms. The fraction of sp³-hybridized carbons (Fsp3) is 0.286. The molecule has 5 nitrogen and oxygen atoms in total. The molecule has 0 aliphatic carbocycles. The lowest BCUT2D eigenvalue weighted by molar-refractivity contribution is 0.0952. The lowest BCUT2D eigenvalue weighted by atomic mass is 10.1. The molecule has 1 amide bonds. The number of amides is 1. The molecule has 0 saturated heterocycles. The van der Waals surface area contributed by atoms with Crippen LogP contribution in [0.1, 0.15) is 33.7 Å². The molecule has 1 heterocycles. The van der Waals surface area contributed by atoms with Crippen molar-refractivity contribution in [3.8, 4) is 5.75 Å². The van der Waals surface area contributed by atoms with E-state index in [9.17, 15) is 9.18 Å². The van der Waals surface area contributed by atoms with Crippen molar-refractivity contribution < 1.29 is 13.9 Å². The molecule has 0 fully saturated rings. The zero-order valence-corrected chi connectivity index (χ0v) is 15.7. The molecule has 27 heavy (non-hydrogen) atoms. The maximum atomic E-state index is 13.9. The van der Waals surface area contributed by atoms with Crippen molar-refractivity contribution in [2.75, 3.05) is 13.2 Å². The lowest BCUT2D eigenvalue weighted by Crippen LogP contribution is -2.26. The molecule has 0 saturated carbocycles. The summed E-state index contributed by atoms with van der Waals surface area (Å²) in [7, 11) is 0. The number of fused-ring (bicyclic) bond motifs is 1. The molecule has 0 atom stereocenters. The maximum Gasteiger partial charge on any atom is 0.253 e. The summed E-state index contributed by atoms with van der Waals surface area (Å²) in [6.07, 6.45) is 0.636. The third-order valence-electron chi connectivity index (χ3n) is 4.26. The predicted octanol–water partition coefficient (Wildman–Crippen LogP) is 3.89. The zero-order chi connectivity index (χ0) is 19.4. The number of carbonyl (C=O) groups is 1. The van der Waals surface area contributed by atoms with E-state index in [1.54, 1.807) is 6.92 Å². The van der Waals surface area contributed by atoms with Crippen LogP contribution < -0.4 is 10.1 Å². The van der Waals surface area contributed by atoms with E-state index in [1.165, 1.54) is 12.1 Å². The fourth-order valence-electron chi connectivity index (χ4n) is 2.74. The van der Waals surface area contributed by atoms with Gasteiger partial charge in [-0.3, -0.25) is 4.79 Å². The highest BCUT2D eigenvalue weighted by Gasteiger charge is 2.15. The summed E-state index contributed by atoms with van der Waals surface area (Å²) < 4.78 is 19.5.